The maximum absolute atomic E-state index is 13.0. The molecule has 0 heterocycles. The lowest BCUT2D eigenvalue weighted by Gasteiger charge is -2.25. The van der Waals surface area contributed by atoms with E-state index in [-0.39, 0.29) is 19.1 Å². The lowest BCUT2D eigenvalue weighted by molar-refractivity contribution is -0.870. The number of likely N-dealkylation sites (N-methyl/N-ethyl adjacent to an activating group) is 1. The van der Waals surface area contributed by atoms with Gasteiger partial charge in [-0.15, -0.1) is 0 Å². The third kappa shape index (κ3) is 58.4. The Morgan fingerprint density at radius 1 is 0.446 bits per heavy atom. The molecule has 0 spiro atoms. The van der Waals surface area contributed by atoms with Crippen molar-refractivity contribution >= 4 is 13.7 Å². The molecule has 438 valence electrons. The lowest BCUT2D eigenvalue weighted by Crippen LogP contribution is -2.45. The normalized spacial score (nSPS) is 14.0. The van der Waals surface area contributed by atoms with Gasteiger partial charge in [0.1, 0.15) is 13.2 Å². The maximum atomic E-state index is 13.0. The first-order valence-corrected chi connectivity index (χ1v) is 33.9. The number of amides is 1. The van der Waals surface area contributed by atoms with Crippen LogP contribution in [0.2, 0.25) is 0 Å². The Morgan fingerprint density at radius 2 is 0.743 bits per heavy atom. The van der Waals surface area contributed by atoms with Crippen molar-refractivity contribution in [1.29, 1.82) is 0 Å². The molecule has 0 saturated heterocycles. The van der Waals surface area contributed by atoms with E-state index < -0.39 is 20.0 Å². The van der Waals surface area contributed by atoms with Crippen molar-refractivity contribution in [3.05, 3.63) is 36.5 Å². The van der Waals surface area contributed by atoms with Gasteiger partial charge in [-0.3, -0.25) is 13.8 Å². The van der Waals surface area contributed by atoms with Crippen molar-refractivity contribution in [2.45, 2.75) is 334 Å². The van der Waals surface area contributed by atoms with Crippen LogP contribution >= 0.6 is 7.82 Å². The summed E-state index contributed by atoms with van der Waals surface area (Å²) in [4.78, 5) is 23.4. The molecule has 9 heteroatoms. The highest BCUT2D eigenvalue weighted by atomic mass is 31.2. The van der Waals surface area contributed by atoms with Crippen LogP contribution in [0.1, 0.15) is 322 Å². The second-order valence-electron chi connectivity index (χ2n) is 23.5. The van der Waals surface area contributed by atoms with E-state index in [2.05, 4.69) is 43.5 Å². The number of carbonyl (C=O) groups is 1. The summed E-state index contributed by atoms with van der Waals surface area (Å²) in [5.74, 6) is -0.184. The fraction of sp³-hybridized carbons (Fsp3) is 0.892. The summed E-state index contributed by atoms with van der Waals surface area (Å²) in [5.41, 5.74) is 0. The molecule has 0 aliphatic heterocycles. The Bertz CT molecular complexity index is 1300. The number of phosphoric acid groups is 1. The summed E-state index contributed by atoms with van der Waals surface area (Å²) in [5, 5.41) is 14.0. The van der Waals surface area contributed by atoms with Crippen molar-refractivity contribution < 1.29 is 32.9 Å². The maximum Gasteiger partial charge on any atom is 0.472 e. The molecule has 0 rings (SSSR count). The Balaban J connectivity index is 4.15. The number of aliphatic hydroxyl groups is 1. The van der Waals surface area contributed by atoms with Crippen LogP contribution in [0, 0.1) is 0 Å². The van der Waals surface area contributed by atoms with Crippen LogP contribution in [-0.2, 0) is 18.4 Å². The number of carbonyl (C=O) groups excluding carboxylic acids is 1. The number of aliphatic hydroxyl groups excluding tert-OH is 1. The number of allylic oxidation sites excluding steroid dienone is 5. The first-order chi connectivity index (χ1) is 36.0. The highest BCUT2D eigenvalue weighted by Crippen LogP contribution is 2.43. The minimum atomic E-state index is -4.36. The SMILES string of the molecule is CCCCCCCCCCCCCCCC/C=C/CC/C=C/CC/C=C/C(O)C(COP(=O)(O)OCC[N+](C)(C)C)NC(=O)CCCCCCCCCCCCCCCCCCCCCCCCCCCCCC. The molecule has 0 bridgehead atoms. The Hall–Kier alpha value is -1.28. The zero-order valence-electron chi connectivity index (χ0n) is 50.1. The summed E-state index contributed by atoms with van der Waals surface area (Å²) in [6.07, 6.45) is 74.2. The van der Waals surface area contributed by atoms with Gasteiger partial charge in [0, 0.05) is 6.42 Å². The number of nitrogens with zero attached hydrogens (tertiary/aromatic N) is 1. The molecule has 3 atom stereocenters. The average Bonchev–Trinajstić information content (AvgIpc) is 3.36. The quantitative estimate of drug-likeness (QED) is 0.0243. The van der Waals surface area contributed by atoms with Crippen LogP contribution in [0.5, 0.6) is 0 Å². The lowest BCUT2D eigenvalue weighted by atomic mass is 10.0. The van der Waals surface area contributed by atoms with E-state index >= 15 is 0 Å². The van der Waals surface area contributed by atoms with Crippen molar-refractivity contribution in [2.24, 2.45) is 0 Å². The van der Waals surface area contributed by atoms with Gasteiger partial charge in [-0.25, -0.2) is 4.57 Å². The molecule has 0 saturated carbocycles. The number of rotatable bonds is 60. The van der Waals surface area contributed by atoms with Crippen molar-refractivity contribution in [2.75, 3.05) is 40.9 Å². The molecule has 0 fully saturated rings. The fourth-order valence-electron chi connectivity index (χ4n) is 9.78. The number of unbranched alkanes of at least 4 members (excludes halogenated alkanes) is 43. The van der Waals surface area contributed by atoms with Gasteiger partial charge in [-0.1, -0.05) is 307 Å². The van der Waals surface area contributed by atoms with Crippen LogP contribution in [0.15, 0.2) is 36.5 Å². The molecule has 0 aromatic carbocycles. The predicted octanol–water partition coefficient (Wildman–Crippen LogP) is 20.1. The average molecular weight is 1060 g/mol. The number of hydrogen-bond acceptors (Lipinski definition) is 5. The van der Waals surface area contributed by atoms with Crippen LogP contribution in [0.25, 0.3) is 0 Å². The second kappa shape index (κ2) is 56.4. The first-order valence-electron chi connectivity index (χ1n) is 32.4. The summed E-state index contributed by atoms with van der Waals surface area (Å²) < 4.78 is 23.7. The van der Waals surface area contributed by atoms with Gasteiger partial charge in [0.15, 0.2) is 0 Å². The second-order valence-corrected chi connectivity index (χ2v) is 24.9. The van der Waals surface area contributed by atoms with Gasteiger partial charge in [0.25, 0.3) is 0 Å². The molecule has 74 heavy (non-hydrogen) atoms. The molecule has 8 nitrogen and oxygen atoms in total. The van der Waals surface area contributed by atoms with E-state index in [4.69, 9.17) is 9.05 Å². The van der Waals surface area contributed by atoms with Gasteiger partial charge in [0.05, 0.1) is 39.9 Å². The molecule has 1 amide bonds. The van der Waals surface area contributed by atoms with Crippen LogP contribution in [-0.4, -0.2) is 73.4 Å². The van der Waals surface area contributed by atoms with Crippen molar-refractivity contribution in [1.82, 2.24) is 5.32 Å². The third-order valence-electron chi connectivity index (χ3n) is 14.8. The zero-order valence-corrected chi connectivity index (χ0v) is 51.0. The smallest absolute Gasteiger partial charge is 0.387 e. The van der Waals surface area contributed by atoms with E-state index in [1.54, 1.807) is 6.08 Å². The number of phosphoric ester groups is 1. The minimum absolute atomic E-state index is 0.0553. The first kappa shape index (κ1) is 72.7. The van der Waals surface area contributed by atoms with Gasteiger partial charge >= 0.3 is 7.82 Å². The summed E-state index contributed by atoms with van der Waals surface area (Å²) in [7, 11) is 1.56. The molecular formula is C65H128N2O6P+. The van der Waals surface area contributed by atoms with Crippen molar-refractivity contribution in [3.63, 3.8) is 0 Å². The third-order valence-corrected chi connectivity index (χ3v) is 15.8. The number of quaternary nitrogens is 1. The zero-order chi connectivity index (χ0) is 54.2. The molecule has 0 aliphatic rings. The largest absolute Gasteiger partial charge is 0.472 e. The summed E-state index contributed by atoms with van der Waals surface area (Å²) in [6.45, 7) is 4.84. The minimum Gasteiger partial charge on any atom is -0.387 e. The highest BCUT2D eigenvalue weighted by molar-refractivity contribution is 7.47. The molecule has 0 aliphatic carbocycles. The molecule has 0 aromatic rings. The number of hydrogen-bond donors (Lipinski definition) is 3. The molecule has 3 unspecified atom stereocenters. The van der Waals surface area contributed by atoms with Crippen molar-refractivity contribution in [3.8, 4) is 0 Å². The van der Waals surface area contributed by atoms with E-state index in [1.807, 2.05) is 27.2 Å². The molecule has 3 N–H and O–H groups in total. The van der Waals surface area contributed by atoms with E-state index in [9.17, 15) is 19.4 Å². The molecule has 0 radical (unpaired) electrons. The summed E-state index contributed by atoms with van der Waals surface area (Å²) >= 11 is 0. The fourth-order valence-corrected chi connectivity index (χ4v) is 10.5. The van der Waals surface area contributed by atoms with Gasteiger partial charge in [-0.2, -0.15) is 0 Å². The Kier molecular flexibility index (Phi) is 55.5. The molecular weight excluding hydrogens is 936 g/mol. The Morgan fingerprint density at radius 3 is 1.08 bits per heavy atom. The molecule has 0 aromatic heterocycles. The van der Waals surface area contributed by atoms with Crippen LogP contribution in [0.3, 0.4) is 0 Å². The predicted molar refractivity (Wildman–Crippen MR) is 323 cm³/mol. The summed E-state index contributed by atoms with van der Waals surface area (Å²) in [6, 6.07) is -0.869. The number of nitrogens with one attached hydrogen (secondary N) is 1. The van der Waals surface area contributed by atoms with E-state index in [0.717, 1.165) is 44.9 Å². The van der Waals surface area contributed by atoms with Gasteiger partial charge in [0.2, 0.25) is 5.91 Å². The standard InChI is InChI=1S/C65H127N2O6P/c1-6-8-10-12-14-16-18-20-22-24-26-28-30-32-33-34-35-37-39-41-43-45-47-49-51-53-55-57-59-65(69)66-63(62-73-74(70,71)72-61-60-67(3,4)5)64(68)58-56-54-52-50-48-46-44-42-40-38-36-31-29-27-25-23-21-19-17-15-13-11-9-7-2/h40,42,48,50,56,58,63-64,68H,6-39,41,43-47,49,51-55,57,59-62H2,1-5H3,(H-,66,69,70,71)/p+1/b42-40+,50-48+,58-56+. The van der Waals surface area contributed by atoms with E-state index in [0.29, 0.717) is 17.4 Å². The van der Waals surface area contributed by atoms with Gasteiger partial charge in [-0.05, 0) is 44.9 Å². The topological polar surface area (TPSA) is 105 Å². The Labute approximate surface area is 461 Å². The van der Waals surface area contributed by atoms with Crippen LogP contribution in [0.4, 0.5) is 0 Å². The monoisotopic (exact) mass is 1060 g/mol. The van der Waals surface area contributed by atoms with Crippen LogP contribution < -0.4 is 5.32 Å². The van der Waals surface area contributed by atoms with Gasteiger partial charge < -0.3 is 19.8 Å². The highest BCUT2D eigenvalue weighted by Gasteiger charge is 2.27. The van der Waals surface area contributed by atoms with E-state index in [1.165, 1.54) is 257 Å².